The van der Waals surface area contributed by atoms with Crippen LogP contribution >= 0.6 is 11.6 Å². The molecule has 2 aromatic heterocycles. The van der Waals surface area contributed by atoms with Crippen molar-refractivity contribution in [1.29, 1.82) is 0 Å². The molecule has 0 spiro atoms. The van der Waals surface area contributed by atoms with Crippen LogP contribution in [0, 0.1) is 6.92 Å². The van der Waals surface area contributed by atoms with Gasteiger partial charge < -0.3 is 9.88 Å². The molecule has 5 nitrogen and oxygen atoms in total. The van der Waals surface area contributed by atoms with Gasteiger partial charge in [-0.05, 0) is 42.3 Å². The normalized spacial score (nSPS) is 11.9. The van der Waals surface area contributed by atoms with Crippen molar-refractivity contribution in [3.8, 4) is 0 Å². The van der Waals surface area contributed by atoms with Gasteiger partial charge in [0, 0.05) is 42.8 Å². The summed E-state index contributed by atoms with van der Waals surface area (Å²) in [5.74, 6) is 0.876. The Hall–Kier alpha value is -2.66. The second-order valence-corrected chi connectivity index (χ2v) is 6.19. The predicted octanol–water partition coefficient (Wildman–Crippen LogP) is 3.54. The molecule has 1 amide bonds. The maximum atomic E-state index is 12.5. The molecule has 0 radical (unpaired) electrons. The van der Waals surface area contributed by atoms with Gasteiger partial charge in [0.05, 0.1) is 6.04 Å². The lowest BCUT2D eigenvalue weighted by atomic mass is 9.99. The predicted molar refractivity (Wildman–Crippen MR) is 97.3 cm³/mol. The number of benzene rings is 1. The zero-order chi connectivity index (χ0) is 17.6. The highest BCUT2D eigenvalue weighted by Gasteiger charge is 2.17. The largest absolute Gasteiger partial charge is 0.345 e. The SMILES string of the molecule is Cc1nccn1CCC(=O)NC(c1ccncc1)c1ccc(Cl)cc1. The first kappa shape index (κ1) is 17.2. The number of pyridine rings is 1. The smallest absolute Gasteiger partial charge is 0.222 e. The second-order valence-electron chi connectivity index (χ2n) is 5.75. The van der Waals surface area contributed by atoms with E-state index in [2.05, 4.69) is 15.3 Å². The van der Waals surface area contributed by atoms with Crippen molar-refractivity contribution in [2.75, 3.05) is 0 Å². The minimum atomic E-state index is -0.239. The fourth-order valence-corrected chi connectivity index (χ4v) is 2.79. The van der Waals surface area contributed by atoms with E-state index in [0.717, 1.165) is 17.0 Å². The monoisotopic (exact) mass is 354 g/mol. The number of nitrogens with one attached hydrogen (secondary N) is 1. The standard InChI is InChI=1S/C19H19ClN4O/c1-14-22-11-13-24(14)12-8-18(25)23-19(16-6-9-21-10-7-16)15-2-4-17(20)5-3-15/h2-7,9-11,13,19H,8,12H2,1H3,(H,23,25). The van der Waals surface area contributed by atoms with Gasteiger partial charge in [0.2, 0.25) is 5.91 Å². The van der Waals surface area contributed by atoms with E-state index in [9.17, 15) is 4.79 Å². The van der Waals surface area contributed by atoms with E-state index in [-0.39, 0.29) is 11.9 Å². The Balaban J connectivity index is 1.74. The van der Waals surface area contributed by atoms with Crippen LogP contribution in [0.2, 0.25) is 5.02 Å². The summed E-state index contributed by atoms with van der Waals surface area (Å²) in [4.78, 5) is 20.7. The van der Waals surface area contributed by atoms with E-state index < -0.39 is 0 Å². The van der Waals surface area contributed by atoms with Gasteiger partial charge in [-0.3, -0.25) is 9.78 Å². The Bertz CT molecular complexity index is 830. The molecule has 1 aromatic carbocycles. The fraction of sp³-hybridized carbons (Fsp3) is 0.211. The van der Waals surface area contributed by atoms with Gasteiger partial charge in [-0.15, -0.1) is 0 Å². The molecule has 1 atom stereocenters. The summed E-state index contributed by atoms with van der Waals surface area (Å²) in [6.45, 7) is 2.52. The third-order valence-electron chi connectivity index (χ3n) is 4.05. The van der Waals surface area contributed by atoms with Gasteiger partial charge in [-0.1, -0.05) is 23.7 Å². The average molecular weight is 355 g/mol. The number of halogens is 1. The molecule has 0 aliphatic heterocycles. The second kappa shape index (κ2) is 7.94. The molecule has 25 heavy (non-hydrogen) atoms. The van der Waals surface area contributed by atoms with Crippen molar-refractivity contribution in [1.82, 2.24) is 19.9 Å². The van der Waals surface area contributed by atoms with Crippen molar-refractivity contribution in [3.05, 3.63) is 83.2 Å². The van der Waals surface area contributed by atoms with E-state index in [0.29, 0.717) is 18.0 Å². The van der Waals surface area contributed by atoms with Gasteiger partial charge in [0.25, 0.3) is 0 Å². The molecule has 2 heterocycles. The number of nitrogens with zero attached hydrogens (tertiary/aromatic N) is 3. The van der Waals surface area contributed by atoms with Crippen LogP contribution in [-0.2, 0) is 11.3 Å². The van der Waals surface area contributed by atoms with Crippen LogP contribution < -0.4 is 5.32 Å². The fourth-order valence-electron chi connectivity index (χ4n) is 2.67. The Morgan fingerprint density at radius 2 is 1.80 bits per heavy atom. The number of carbonyl (C=O) groups excluding carboxylic acids is 1. The molecule has 0 bridgehead atoms. The number of amides is 1. The minimum Gasteiger partial charge on any atom is -0.345 e. The molecule has 0 aliphatic carbocycles. The topological polar surface area (TPSA) is 59.8 Å². The molecule has 3 rings (SSSR count). The minimum absolute atomic E-state index is 0.0233. The maximum Gasteiger partial charge on any atom is 0.222 e. The number of imidazole rings is 1. The first-order valence-electron chi connectivity index (χ1n) is 8.06. The van der Waals surface area contributed by atoms with Crippen LogP contribution in [0.3, 0.4) is 0 Å². The van der Waals surface area contributed by atoms with E-state index in [4.69, 9.17) is 11.6 Å². The van der Waals surface area contributed by atoms with Gasteiger partial charge in [0.15, 0.2) is 0 Å². The molecule has 0 saturated heterocycles. The Labute approximate surface area is 151 Å². The van der Waals surface area contributed by atoms with E-state index in [1.165, 1.54) is 0 Å². The van der Waals surface area contributed by atoms with Crippen LogP contribution in [0.1, 0.15) is 29.4 Å². The lowest BCUT2D eigenvalue weighted by Crippen LogP contribution is -2.30. The molecule has 6 heteroatoms. The first-order chi connectivity index (χ1) is 12.1. The lowest BCUT2D eigenvalue weighted by Gasteiger charge is -2.20. The van der Waals surface area contributed by atoms with Crippen LogP contribution in [0.15, 0.2) is 61.2 Å². The zero-order valence-electron chi connectivity index (χ0n) is 13.9. The van der Waals surface area contributed by atoms with Crippen molar-refractivity contribution >= 4 is 17.5 Å². The molecule has 1 N–H and O–H groups in total. The summed E-state index contributed by atoms with van der Waals surface area (Å²) >= 11 is 5.98. The summed E-state index contributed by atoms with van der Waals surface area (Å²) in [6.07, 6.45) is 7.44. The maximum absolute atomic E-state index is 12.5. The zero-order valence-corrected chi connectivity index (χ0v) is 14.6. The third kappa shape index (κ3) is 4.45. The number of aryl methyl sites for hydroxylation is 2. The average Bonchev–Trinajstić information content (AvgIpc) is 3.04. The van der Waals surface area contributed by atoms with Crippen LogP contribution in [-0.4, -0.2) is 20.4 Å². The molecule has 1 unspecified atom stereocenters. The lowest BCUT2D eigenvalue weighted by molar-refractivity contribution is -0.121. The number of aromatic nitrogens is 3. The van der Waals surface area contributed by atoms with Crippen LogP contribution in [0.25, 0.3) is 0 Å². The number of hydrogen-bond acceptors (Lipinski definition) is 3. The van der Waals surface area contributed by atoms with Crippen LogP contribution in [0.4, 0.5) is 0 Å². The highest BCUT2D eigenvalue weighted by molar-refractivity contribution is 6.30. The van der Waals surface area contributed by atoms with Crippen molar-refractivity contribution in [2.24, 2.45) is 0 Å². The molecule has 0 saturated carbocycles. The summed E-state index contributed by atoms with van der Waals surface area (Å²) in [5.41, 5.74) is 1.95. The van der Waals surface area contributed by atoms with E-state index in [1.54, 1.807) is 18.6 Å². The molecule has 128 valence electrons. The van der Waals surface area contributed by atoms with Crippen molar-refractivity contribution < 1.29 is 4.79 Å². The molecular formula is C19H19ClN4O. The number of carbonyl (C=O) groups is 1. The highest BCUT2D eigenvalue weighted by Crippen LogP contribution is 2.23. The summed E-state index contributed by atoms with van der Waals surface area (Å²) in [5, 5.41) is 3.77. The van der Waals surface area contributed by atoms with E-state index in [1.807, 2.05) is 54.1 Å². The summed E-state index contributed by atoms with van der Waals surface area (Å²) in [6, 6.07) is 11.1. The highest BCUT2D eigenvalue weighted by atomic mass is 35.5. The van der Waals surface area contributed by atoms with Gasteiger partial charge >= 0.3 is 0 Å². The first-order valence-corrected chi connectivity index (χ1v) is 8.44. The van der Waals surface area contributed by atoms with Gasteiger partial charge in [-0.2, -0.15) is 0 Å². The van der Waals surface area contributed by atoms with Crippen molar-refractivity contribution in [2.45, 2.75) is 25.9 Å². The van der Waals surface area contributed by atoms with Gasteiger partial charge in [0.1, 0.15) is 5.82 Å². The molecule has 3 aromatic rings. The van der Waals surface area contributed by atoms with Crippen molar-refractivity contribution in [3.63, 3.8) is 0 Å². The van der Waals surface area contributed by atoms with Gasteiger partial charge in [-0.25, -0.2) is 4.98 Å². The van der Waals surface area contributed by atoms with E-state index >= 15 is 0 Å². The molecule has 0 aliphatic rings. The van der Waals surface area contributed by atoms with Crippen LogP contribution in [0.5, 0.6) is 0 Å². The third-order valence-corrected chi connectivity index (χ3v) is 4.30. The molecular weight excluding hydrogens is 336 g/mol. The Morgan fingerprint density at radius 1 is 1.12 bits per heavy atom. The summed E-state index contributed by atoms with van der Waals surface area (Å²) < 4.78 is 1.96. The Kier molecular flexibility index (Phi) is 5.46. The molecule has 0 fully saturated rings. The Morgan fingerprint density at radius 3 is 2.44 bits per heavy atom. The summed E-state index contributed by atoms with van der Waals surface area (Å²) in [7, 11) is 0. The number of hydrogen-bond donors (Lipinski definition) is 1. The quantitative estimate of drug-likeness (QED) is 0.736. The number of rotatable bonds is 6.